The van der Waals surface area contributed by atoms with E-state index in [0.717, 1.165) is 5.56 Å². The van der Waals surface area contributed by atoms with Gasteiger partial charge in [0.25, 0.3) is 0 Å². The summed E-state index contributed by atoms with van der Waals surface area (Å²) >= 11 is 0. The lowest BCUT2D eigenvalue weighted by molar-refractivity contribution is 0.186. The normalized spacial score (nSPS) is 10.0. The van der Waals surface area contributed by atoms with E-state index >= 15 is 0 Å². The summed E-state index contributed by atoms with van der Waals surface area (Å²) in [6, 6.07) is 9.94. The molecular formula is C12H13N3O. The van der Waals surface area contributed by atoms with Crippen molar-refractivity contribution < 1.29 is 4.74 Å². The molecule has 1 aromatic carbocycles. The molecule has 0 spiro atoms. The van der Waals surface area contributed by atoms with E-state index in [9.17, 15) is 0 Å². The van der Waals surface area contributed by atoms with Crippen LogP contribution in [0.1, 0.15) is 5.56 Å². The van der Waals surface area contributed by atoms with Crippen molar-refractivity contribution in [3.05, 3.63) is 64.7 Å². The minimum Gasteiger partial charge on any atom is -0.373 e. The molecule has 0 radical (unpaired) electrons. The van der Waals surface area contributed by atoms with Gasteiger partial charge in [0.1, 0.15) is 0 Å². The molecule has 16 heavy (non-hydrogen) atoms. The van der Waals surface area contributed by atoms with Crippen molar-refractivity contribution in [1.82, 2.24) is 0 Å². The van der Waals surface area contributed by atoms with Gasteiger partial charge in [-0.15, -0.1) is 0 Å². The Morgan fingerprint density at radius 2 is 2.19 bits per heavy atom. The Balaban J connectivity index is 2.23. The monoisotopic (exact) mass is 215 g/mol. The van der Waals surface area contributed by atoms with Gasteiger partial charge in [-0.05, 0) is 11.1 Å². The molecule has 0 atom stereocenters. The fraction of sp³-hybridized carbons (Fsp3) is 0.167. The smallest absolute Gasteiger partial charge is 0.0740 e. The minimum absolute atomic E-state index is 0.253. The van der Waals surface area contributed by atoms with Crippen LogP contribution in [0.25, 0.3) is 16.5 Å². The number of nitrogens with zero attached hydrogens (tertiary/aromatic N) is 3. The number of ether oxygens (including phenoxy) is 1. The van der Waals surface area contributed by atoms with Crippen molar-refractivity contribution >= 4 is 6.08 Å². The molecule has 0 aliphatic carbocycles. The van der Waals surface area contributed by atoms with Crippen molar-refractivity contribution in [2.24, 2.45) is 5.11 Å². The third-order valence-corrected chi connectivity index (χ3v) is 1.78. The summed E-state index contributed by atoms with van der Waals surface area (Å²) in [5, 5.41) is 3.32. The molecule has 82 valence electrons. The summed E-state index contributed by atoms with van der Waals surface area (Å²) < 4.78 is 5.22. The van der Waals surface area contributed by atoms with Crippen LogP contribution in [0, 0.1) is 0 Å². The number of hydrogen-bond acceptors (Lipinski definition) is 2. The maximum absolute atomic E-state index is 8.12. The van der Waals surface area contributed by atoms with Gasteiger partial charge in [-0.3, -0.25) is 0 Å². The van der Waals surface area contributed by atoms with E-state index in [1.54, 1.807) is 0 Å². The molecule has 0 aromatic heterocycles. The van der Waals surface area contributed by atoms with Gasteiger partial charge in [-0.25, -0.2) is 0 Å². The summed E-state index contributed by atoms with van der Waals surface area (Å²) in [7, 11) is 0. The van der Waals surface area contributed by atoms with Crippen molar-refractivity contribution in [2.45, 2.75) is 0 Å². The molecule has 0 aliphatic rings. The van der Waals surface area contributed by atoms with E-state index < -0.39 is 0 Å². The van der Waals surface area contributed by atoms with Gasteiger partial charge < -0.3 is 4.74 Å². The molecule has 0 heterocycles. The standard InChI is InChI=1S/C12H13N3O/c1-11(14-15-13)10-16-9-5-8-12-6-3-2-4-7-12/h2-8H,1,9-10H2/b8-5+. The lowest BCUT2D eigenvalue weighted by Gasteiger charge is -1.98. The Hall–Kier alpha value is -2.03. The summed E-state index contributed by atoms with van der Waals surface area (Å²) in [4.78, 5) is 2.61. The Morgan fingerprint density at radius 3 is 2.88 bits per heavy atom. The topological polar surface area (TPSA) is 58.0 Å². The van der Waals surface area contributed by atoms with Crippen LogP contribution in [0.4, 0.5) is 0 Å². The van der Waals surface area contributed by atoms with E-state index in [4.69, 9.17) is 10.3 Å². The van der Waals surface area contributed by atoms with Gasteiger partial charge in [0.05, 0.1) is 13.2 Å². The van der Waals surface area contributed by atoms with Crippen LogP contribution in [-0.2, 0) is 4.74 Å². The molecular weight excluding hydrogens is 202 g/mol. The van der Waals surface area contributed by atoms with E-state index in [0.29, 0.717) is 12.3 Å². The van der Waals surface area contributed by atoms with Gasteiger partial charge >= 0.3 is 0 Å². The Kier molecular flexibility index (Phi) is 5.48. The number of azide groups is 1. The maximum Gasteiger partial charge on any atom is 0.0740 e. The third-order valence-electron chi connectivity index (χ3n) is 1.78. The summed E-state index contributed by atoms with van der Waals surface area (Å²) in [6.07, 6.45) is 3.87. The van der Waals surface area contributed by atoms with Gasteiger partial charge in [-0.1, -0.05) is 54.2 Å². The second-order valence-electron chi connectivity index (χ2n) is 3.08. The van der Waals surface area contributed by atoms with E-state index in [1.165, 1.54) is 0 Å². The molecule has 1 rings (SSSR count). The van der Waals surface area contributed by atoms with Crippen LogP contribution in [-0.4, -0.2) is 13.2 Å². The van der Waals surface area contributed by atoms with E-state index in [2.05, 4.69) is 16.6 Å². The summed E-state index contributed by atoms with van der Waals surface area (Å²) in [5.74, 6) is 0. The fourth-order valence-corrected chi connectivity index (χ4v) is 1.09. The fourth-order valence-electron chi connectivity index (χ4n) is 1.09. The highest BCUT2D eigenvalue weighted by molar-refractivity contribution is 5.48. The third kappa shape index (κ3) is 5.00. The van der Waals surface area contributed by atoms with Crippen LogP contribution in [0.3, 0.4) is 0 Å². The molecule has 0 aliphatic heterocycles. The Bertz CT molecular complexity index is 406. The molecule has 0 saturated heterocycles. The van der Waals surface area contributed by atoms with Crippen LogP contribution in [0.15, 0.2) is 53.8 Å². The van der Waals surface area contributed by atoms with Crippen molar-refractivity contribution in [1.29, 1.82) is 0 Å². The van der Waals surface area contributed by atoms with Crippen molar-refractivity contribution in [3.8, 4) is 0 Å². The first-order valence-electron chi connectivity index (χ1n) is 4.85. The zero-order valence-corrected chi connectivity index (χ0v) is 8.91. The number of rotatable bonds is 6. The molecule has 0 fully saturated rings. The molecule has 0 N–H and O–H groups in total. The average Bonchev–Trinajstić information content (AvgIpc) is 2.30. The van der Waals surface area contributed by atoms with Crippen molar-refractivity contribution in [2.75, 3.05) is 13.2 Å². The lowest BCUT2D eigenvalue weighted by Crippen LogP contribution is -1.94. The lowest BCUT2D eigenvalue weighted by atomic mass is 10.2. The molecule has 0 amide bonds. The highest BCUT2D eigenvalue weighted by Crippen LogP contribution is 2.01. The summed E-state index contributed by atoms with van der Waals surface area (Å²) in [6.45, 7) is 4.25. The molecule has 0 unspecified atom stereocenters. The second kappa shape index (κ2) is 7.29. The maximum atomic E-state index is 8.12. The first-order valence-corrected chi connectivity index (χ1v) is 4.85. The summed E-state index contributed by atoms with van der Waals surface area (Å²) in [5.41, 5.74) is 9.63. The number of benzene rings is 1. The largest absolute Gasteiger partial charge is 0.373 e. The zero-order valence-electron chi connectivity index (χ0n) is 8.91. The molecule has 4 heteroatoms. The molecule has 0 bridgehead atoms. The Labute approximate surface area is 94.5 Å². The first kappa shape index (κ1) is 12.0. The average molecular weight is 215 g/mol. The van der Waals surface area contributed by atoms with Crippen LogP contribution < -0.4 is 0 Å². The SMILES string of the molecule is C=C(COC/C=C/c1ccccc1)N=[N+]=[N-]. The minimum atomic E-state index is 0.253. The molecule has 4 nitrogen and oxygen atoms in total. The zero-order chi connectivity index (χ0) is 11.6. The van der Waals surface area contributed by atoms with Gasteiger partial charge in [0.2, 0.25) is 0 Å². The van der Waals surface area contributed by atoms with Crippen LogP contribution >= 0.6 is 0 Å². The molecule has 0 saturated carbocycles. The van der Waals surface area contributed by atoms with E-state index in [1.807, 2.05) is 42.5 Å². The van der Waals surface area contributed by atoms with Crippen LogP contribution in [0.2, 0.25) is 0 Å². The van der Waals surface area contributed by atoms with E-state index in [-0.39, 0.29) is 6.61 Å². The first-order chi connectivity index (χ1) is 7.83. The van der Waals surface area contributed by atoms with Gasteiger partial charge in [-0.2, -0.15) is 0 Å². The van der Waals surface area contributed by atoms with Gasteiger partial charge in [0.15, 0.2) is 0 Å². The second-order valence-corrected chi connectivity index (χ2v) is 3.08. The Morgan fingerprint density at radius 1 is 1.44 bits per heavy atom. The van der Waals surface area contributed by atoms with Crippen LogP contribution in [0.5, 0.6) is 0 Å². The van der Waals surface area contributed by atoms with Gasteiger partial charge in [0, 0.05) is 10.6 Å². The highest BCUT2D eigenvalue weighted by Gasteiger charge is 1.88. The van der Waals surface area contributed by atoms with Crippen molar-refractivity contribution in [3.63, 3.8) is 0 Å². The predicted molar refractivity (Wildman–Crippen MR) is 64.6 cm³/mol. The predicted octanol–water partition coefficient (Wildman–Crippen LogP) is 3.54. The quantitative estimate of drug-likeness (QED) is 0.310. The highest BCUT2D eigenvalue weighted by atomic mass is 16.5. The molecule has 1 aromatic rings. The number of hydrogen-bond donors (Lipinski definition) is 0.